The van der Waals surface area contributed by atoms with Crippen LogP contribution in [0.25, 0.3) is 0 Å². The number of aromatic nitrogens is 2. The highest BCUT2D eigenvalue weighted by Gasteiger charge is 2.19. The summed E-state index contributed by atoms with van der Waals surface area (Å²) in [4.78, 5) is 16.3. The Kier molecular flexibility index (Phi) is 16.3. The van der Waals surface area contributed by atoms with Crippen molar-refractivity contribution in [3.05, 3.63) is 65.3 Å². The van der Waals surface area contributed by atoms with Gasteiger partial charge in [0.2, 0.25) is 5.95 Å². The lowest BCUT2D eigenvalue weighted by Gasteiger charge is -2.24. The van der Waals surface area contributed by atoms with Crippen molar-refractivity contribution in [2.75, 3.05) is 69.0 Å². The van der Waals surface area contributed by atoms with Crippen molar-refractivity contribution < 1.29 is 0 Å². The van der Waals surface area contributed by atoms with Crippen molar-refractivity contribution in [1.82, 2.24) is 14.9 Å². The molecule has 200 valence electrons. The minimum absolute atomic E-state index is 0.822. The zero-order valence-electron chi connectivity index (χ0n) is 23.5. The van der Waals surface area contributed by atoms with Crippen LogP contribution in [0.5, 0.6) is 0 Å². The SMILES string of the molecule is C/C=C\C/C(=C\C)CN1CCCN(c2nc(NC)cc(N(C)C)n2)CC1.CC.ClC1=CCC=CC=C1. The van der Waals surface area contributed by atoms with Gasteiger partial charge in [0, 0.05) is 65.0 Å². The van der Waals surface area contributed by atoms with E-state index in [1.807, 2.05) is 70.3 Å². The van der Waals surface area contributed by atoms with Crippen molar-refractivity contribution in [2.45, 2.75) is 47.0 Å². The normalized spacial score (nSPS) is 16.3. The largest absolute Gasteiger partial charge is 0.373 e. The second-order valence-electron chi connectivity index (χ2n) is 8.50. The Balaban J connectivity index is 0.000000543. The lowest BCUT2D eigenvalue weighted by molar-refractivity contribution is 0.316. The fourth-order valence-electron chi connectivity index (χ4n) is 3.63. The molecule has 1 aromatic heterocycles. The molecule has 0 aromatic carbocycles. The summed E-state index contributed by atoms with van der Waals surface area (Å²) in [6.07, 6.45) is 19.6. The molecule has 7 heteroatoms. The molecule has 0 atom stereocenters. The minimum Gasteiger partial charge on any atom is -0.373 e. The fourth-order valence-corrected chi connectivity index (χ4v) is 3.79. The monoisotopic (exact) mass is 514 g/mol. The number of anilines is 3. The van der Waals surface area contributed by atoms with Gasteiger partial charge in [-0.05, 0) is 39.2 Å². The van der Waals surface area contributed by atoms with E-state index in [0.717, 1.165) is 74.6 Å². The standard InChI is InChI=1S/C20H34N6.C7H7Cl.C2H6/c1-6-8-10-17(7-2)16-25-11-9-12-26(14-13-25)20-22-18(21-3)15-19(23-20)24(4)5;8-7-5-3-1-2-4-6-7;1-2/h6-8,15H,9-14,16H2,1-5H3,(H,21,22,23);1-3,5-6H,4H2;1-2H3/b8-6-,17-7+;;. The van der Waals surface area contributed by atoms with Gasteiger partial charge >= 0.3 is 0 Å². The summed E-state index contributed by atoms with van der Waals surface area (Å²) >= 11 is 5.66. The van der Waals surface area contributed by atoms with Crippen molar-refractivity contribution >= 4 is 29.2 Å². The zero-order chi connectivity index (χ0) is 26.8. The molecule has 1 saturated heterocycles. The van der Waals surface area contributed by atoms with E-state index in [1.165, 1.54) is 5.57 Å². The first-order valence-electron chi connectivity index (χ1n) is 13.1. The average Bonchev–Trinajstić information content (AvgIpc) is 3.30. The van der Waals surface area contributed by atoms with Gasteiger partial charge in [0.1, 0.15) is 11.6 Å². The first-order chi connectivity index (χ1) is 17.5. The van der Waals surface area contributed by atoms with Crippen LogP contribution in [0.4, 0.5) is 17.6 Å². The van der Waals surface area contributed by atoms with Crippen molar-refractivity contribution in [1.29, 1.82) is 0 Å². The topological polar surface area (TPSA) is 47.5 Å². The fraction of sp³-hybridized carbons (Fsp3) is 0.517. The predicted octanol–water partition coefficient (Wildman–Crippen LogP) is 6.66. The molecule has 0 saturated carbocycles. The number of allylic oxidation sites excluding steroid dienone is 9. The molecule has 1 aliphatic heterocycles. The second kappa shape index (κ2) is 18.7. The Morgan fingerprint density at radius 3 is 2.56 bits per heavy atom. The molecular weight excluding hydrogens is 468 g/mol. The van der Waals surface area contributed by atoms with Gasteiger partial charge in [0.15, 0.2) is 0 Å². The smallest absolute Gasteiger partial charge is 0.229 e. The van der Waals surface area contributed by atoms with Gasteiger partial charge < -0.3 is 15.1 Å². The minimum atomic E-state index is 0.822. The molecule has 1 aromatic rings. The number of hydrogen-bond acceptors (Lipinski definition) is 6. The Hall–Kier alpha value is -2.57. The molecule has 0 bridgehead atoms. The zero-order valence-corrected chi connectivity index (χ0v) is 24.2. The maximum atomic E-state index is 5.66. The maximum Gasteiger partial charge on any atom is 0.229 e. The summed E-state index contributed by atoms with van der Waals surface area (Å²) in [6, 6.07) is 1.98. The lowest BCUT2D eigenvalue weighted by Crippen LogP contribution is -2.33. The van der Waals surface area contributed by atoms with Crippen LogP contribution < -0.4 is 15.1 Å². The van der Waals surface area contributed by atoms with Gasteiger partial charge in [-0.2, -0.15) is 9.97 Å². The molecule has 1 N–H and O–H groups in total. The van der Waals surface area contributed by atoms with Crippen LogP contribution in [0.1, 0.15) is 47.0 Å². The van der Waals surface area contributed by atoms with Crippen molar-refractivity contribution in [2.24, 2.45) is 0 Å². The first-order valence-corrected chi connectivity index (χ1v) is 13.5. The molecule has 1 fully saturated rings. The summed E-state index contributed by atoms with van der Waals surface area (Å²) in [6.45, 7) is 13.4. The molecular formula is C29H47ClN6. The van der Waals surface area contributed by atoms with Crippen LogP contribution in [-0.2, 0) is 0 Å². The van der Waals surface area contributed by atoms with E-state index >= 15 is 0 Å². The Bertz CT molecular complexity index is 898. The van der Waals surface area contributed by atoms with Crippen LogP contribution in [0, 0.1) is 0 Å². The Labute approximate surface area is 225 Å². The lowest BCUT2D eigenvalue weighted by atomic mass is 10.1. The molecule has 0 amide bonds. The Morgan fingerprint density at radius 1 is 1.11 bits per heavy atom. The van der Waals surface area contributed by atoms with E-state index in [-0.39, 0.29) is 0 Å². The third kappa shape index (κ3) is 11.9. The van der Waals surface area contributed by atoms with Gasteiger partial charge in [-0.1, -0.05) is 73.6 Å². The summed E-state index contributed by atoms with van der Waals surface area (Å²) in [7, 11) is 5.93. The quantitative estimate of drug-likeness (QED) is 0.410. The van der Waals surface area contributed by atoms with Crippen LogP contribution in [0.2, 0.25) is 0 Å². The highest BCUT2D eigenvalue weighted by molar-refractivity contribution is 6.31. The third-order valence-corrected chi connectivity index (χ3v) is 5.97. The molecule has 36 heavy (non-hydrogen) atoms. The van der Waals surface area contributed by atoms with E-state index in [2.05, 4.69) is 58.3 Å². The van der Waals surface area contributed by atoms with Crippen LogP contribution in [0.3, 0.4) is 0 Å². The van der Waals surface area contributed by atoms with Gasteiger partial charge in [-0.3, -0.25) is 4.90 Å². The summed E-state index contributed by atoms with van der Waals surface area (Å²) < 4.78 is 0. The molecule has 3 rings (SSSR count). The highest BCUT2D eigenvalue weighted by Crippen LogP contribution is 2.20. The highest BCUT2D eigenvalue weighted by atomic mass is 35.5. The van der Waals surface area contributed by atoms with Gasteiger partial charge in [-0.25, -0.2) is 0 Å². The summed E-state index contributed by atoms with van der Waals surface area (Å²) in [5.74, 6) is 2.62. The van der Waals surface area contributed by atoms with Crippen LogP contribution in [-0.4, -0.2) is 68.7 Å². The average molecular weight is 515 g/mol. The maximum absolute atomic E-state index is 5.66. The van der Waals surface area contributed by atoms with Crippen molar-refractivity contribution in [3.63, 3.8) is 0 Å². The summed E-state index contributed by atoms with van der Waals surface area (Å²) in [5.41, 5.74) is 1.49. The number of nitrogens with one attached hydrogen (secondary N) is 1. The molecule has 0 unspecified atom stereocenters. The molecule has 0 spiro atoms. The van der Waals surface area contributed by atoms with E-state index in [0.29, 0.717) is 0 Å². The molecule has 2 heterocycles. The number of halogens is 1. The molecule has 1 aliphatic carbocycles. The molecule has 2 aliphatic rings. The van der Waals surface area contributed by atoms with Crippen LogP contribution >= 0.6 is 11.6 Å². The first kappa shape index (κ1) is 31.5. The van der Waals surface area contributed by atoms with E-state index < -0.39 is 0 Å². The van der Waals surface area contributed by atoms with Gasteiger partial charge in [0.25, 0.3) is 0 Å². The summed E-state index contributed by atoms with van der Waals surface area (Å²) in [5, 5.41) is 3.98. The number of rotatable bonds is 7. The Morgan fingerprint density at radius 2 is 1.89 bits per heavy atom. The van der Waals surface area contributed by atoms with E-state index in [1.54, 1.807) is 0 Å². The molecule has 6 nitrogen and oxygen atoms in total. The van der Waals surface area contributed by atoms with E-state index in [9.17, 15) is 0 Å². The van der Waals surface area contributed by atoms with Crippen LogP contribution in [0.15, 0.2) is 65.3 Å². The number of nitrogens with zero attached hydrogens (tertiary/aromatic N) is 5. The predicted molar refractivity (Wildman–Crippen MR) is 161 cm³/mol. The molecule has 0 radical (unpaired) electrons. The second-order valence-corrected chi connectivity index (χ2v) is 8.94. The third-order valence-electron chi connectivity index (χ3n) is 5.69. The van der Waals surface area contributed by atoms with Gasteiger partial charge in [-0.15, -0.1) is 0 Å². The van der Waals surface area contributed by atoms with Crippen molar-refractivity contribution in [3.8, 4) is 0 Å². The number of hydrogen-bond donors (Lipinski definition) is 1. The van der Waals surface area contributed by atoms with Gasteiger partial charge in [0.05, 0.1) is 0 Å². The van der Waals surface area contributed by atoms with E-state index in [4.69, 9.17) is 16.6 Å².